The highest BCUT2D eigenvalue weighted by molar-refractivity contribution is 5.75. The maximum absolute atomic E-state index is 12.6. The number of hydrogen-bond donors (Lipinski definition) is 0. The summed E-state index contributed by atoms with van der Waals surface area (Å²) in [5, 5.41) is 11.6. The molecular formula is C30H42N2O4. The number of benzene rings is 2. The monoisotopic (exact) mass is 494 g/mol. The molecule has 1 amide bonds. The standard InChI is InChI=1S/C30H42N2O4/c1-29(2,3)31(28(33)36-30(4,5)6)22-16-11-9-7-8-10-13-17-24-20-21-26(27(23-24)32(34)35)25-18-14-12-15-19-25/h12-15,17-21,23H,7-11,16,22H2,1-6H3. The first-order chi connectivity index (χ1) is 16.9. The number of rotatable bonds is 11. The van der Waals surface area contributed by atoms with E-state index in [2.05, 4.69) is 6.08 Å². The van der Waals surface area contributed by atoms with E-state index in [4.69, 9.17) is 4.74 Å². The van der Waals surface area contributed by atoms with E-state index < -0.39 is 5.60 Å². The third kappa shape index (κ3) is 9.84. The van der Waals surface area contributed by atoms with Gasteiger partial charge in [-0.2, -0.15) is 0 Å². The molecule has 36 heavy (non-hydrogen) atoms. The van der Waals surface area contributed by atoms with E-state index in [1.807, 2.05) is 95.0 Å². The van der Waals surface area contributed by atoms with Crippen molar-refractivity contribution in [2.45, 2.75) is 91.2 Å². The Balaban J connectivity index is 1.76. The van der Waals surface area contributed by atoms with Gasteiger partial charge >= 0.3 is 6.09 Å². The van der Waals surface area contributed by atoms with Gasteiger partial charge in [-0.1, -0.05) is 67.8 Å². The molecule has 0 heterocycles. The molecule has 0 fully saturated rings. The van der Waals surface area contributed by atoms with Crippen LogP contribution in [-0.4, -0.2) is 33.6 Å². The smallest absolute Gasteiger partial charge is 0.410 e. The minimum atomic E-state index is -0.497. The zero-order valence-corrected chi connectivity index (χ0v) is 22.8. The number of carbonyl (C=O) groups is 1. The first-order valence-corrected chi connectivity index (χ1v) is 12.9. The highest BCUT2D eigenvalue weighted by Gasteiger charge is 2.30. The van der Waals surface area contributed by atoms with Gasteiger partial charge in [0.15, 0.2) is 0 Å². The van der Waals surface area contributed by atoms with Crippen LogP contribution in [0.3, 0.4) is 0 Å². The summed E-state index contributed by atoms with van der Waals surface area (Å²) in [6.45, 7) is 12.5. The molecule has 0 aliphatic carbocycles. The van der Waals surface area contributed by atoms with Crippen LogP contribution in [0.5, 0.6) is 0 Å². The van der Waals surface area contributed by atoms with Crippen molar-refractivity contribution in [2.24, 2.45) is 0 Å². The predicted octanol–water partition coefficient (Wildman–Crippen LogP) is 8.65. The SMILES string of the molecule is CC(C)(C)OC(=O)N(CCCCCCCC=Cc1ccc(-c2ccccc2)c([N+](=O)[O-])c1)C(C)(C)C. The van der Waals surface area contributed by atoms with Crippen molar-refractivity contribution in [1.29, 1.82) is 0 Å². The molecule has 0 aliphatic rings. The van der Waals surface area contributed by atoms with E-state index >= 15 is 0 Å². The molecule has 0 saturated carbocycles. The normalized spacial score (nSPS) is 12.1. The number of amides is 1. The van der Waals surface area contributed by atoms with Crippen molar-refractivity contribution < 1.29 is 14.5 Å². The number of carbonyl (C=O) groups excluding carboxylic acids is 1. The zero-order chi connectivity index (χ0) is 26.8. The quantitative estimate of drug-likeness (QED) is 0.178. The van der Waals surface area contributed by atoms with Crippen LogP contribution in [0.15, 0.2) is 54.6 Å². The van der Waals surface area contributed by atoms with Crippen molar-refractivity contribution in [1.82, 2.24) is 4.90 Å². The van der Waals surface area contributed by atoms with Gasteiger partial charge < -0.3 is 9.64 Å². The maximum atomic E-state index is 12.6. The van der Waals surface area contributed by atoms with Crippen molar-refractivity contribution >= 4 is 17.9 Å². The molecule has 0 spiro atoms. The number of unbranched alkanes of at least 4 members (excludes halogenated alkanes) is 5. The van der Waals surface area contributed by atoms with Gasteiger partial charge in [0.05, 0.1) is 10.5 Å². The molecule has 0 unspecified atom stereocenters. The Bertz CT molecular complexity index is 1020. The highest BCUT2D eigenvalue weighted by Crippen LogP contribution is 2.31. The van der Waals surface area contributed by atoms with Crippen molar-refractivity contribution in [3.05, 3.63) is 70.3 Å². The molecule has 0 atom stereocenters. The van der Waals surface area contributed by atoms with Gasteiger partial charge in [-0.05, 0) is 78.0 Å². The van der Waals surface area contributed by atoms with E-state index in [1.54, 1.807) is 6.07 Å². The Hall–Kier alpha value is -3.15. The number of ether oxygens (including phenoxy) is 1. The average molecular weight is 495 g/mol. The Morgan fingerprint density at radius 1 is 0.944 bits per heavy atom. The van der Waals surface area contributed by atoms with Crippen LogP contribution < -0.4 is 0 Å². The summed E-state index contributed by atoms with van der Waals surface area (Å²) >= 11 is 0. The maximum Gasteiger partial charge on any atom is 0.410 e. The van der Waals surface area contributed by atoms with Crippen LogP contribution >= 0.6 is 0 Å². The lowest BCUT2D eigenvalue weighted by molar-refractivity contribution is -0.384. The molecule has 6 nitrogen and oxygen atoms in total. The fourth-order valence-electron chi connectivity index (χ4n) is 3.96. The Morgan fingerprint density at radius 2 is 1.58 bits per heavy atom. The fraction of sp³-hybridized carbons (Fsp3) is 0.500. The number of allylic oxidation sites excluding steroid dienone is 1. The molecule has 2 rings (SSSR count). The predicted molar refractivity (Wildman–Crippen MR) is 148 cm³/mol. The van der Waals surface area contributed by atoms with E-state index in [-0.39, 0.29) is 22.2 Å². The van der Waals surface area contributed by atoms with E-state index in [9.17, 15) is 14.9 Å². The molecule has 0 N–H and O–H groups in total. The minimum Gasteiger partial charge on any atom is -0.444 e. The van der Waals surface area contributed by atoms with E-state index in [1.165, 1.54) is 0 Å². The summed E-state index contributed by atoms with van der Waals surface area (Å²) in [5.41, 5.74) is 1.67. The third-order valence-corrected chi connectivity index (χ3v) is 5.79. The molecule has 0 radical (unpaired) electrons. The van der Waals surface area contributed by atoms with Gasteiger partial charge in [0, 0.05) is 18.2 Å². The fourth-order valence-corrected chi connectivity index (χ4v) is 3.96. The van der Waals surface area contributed by atoms with Gasteiger partial charge in [-0.25, -0.2) is 4.79 Å². The second kappa shape index (κ2) is 13.2. The Labute approximate surface area is 216 Å². The van der Waals surface area contributed by atoms with Crippen molar-refractivity contribution in [2.75, 3.05) is 6.54 Å². The summed E-state index contributed by atoms with van der Waals surface area (Å²) in [7, 11) is 0. The van der Waals surface area contributed by atoms with Gasteiger partial charge in [0.25, 0.3) is 5.69 Å². The molecule has 6 heteroatoms. The van der Waals surface area contributed by atoms with Crippen LogP contribution in [0.25, 0.3) is 17.2 Å². The molecular weight excluding hydrogens is 452 g/mol. The summed E-state index contributed by atoms with van der Waals surface area (Å²) < 4.78 is 5.58. The van der Waals surface area contributed by atoms with Crippen LogP contribution in [0.1, 0.15) is 85.6 Å². The van der Waals surface area contributed by atoms with Crippen LogP contribution in [-0.2, 0) is 4.74 Å². The van der Waals surface area contributed by atoms with Gasteiger partial charge in [-0.15, -0.1) is 0 Å². The van der Waals surface area contributed by atoms with Gasteiger partial charge in [0.2, 0.25) is 0 Å². The lowest BCUT2D eigenvalue weighted by Crippen LogP contribution is -2.48. The summed E-state index contributed by atoms with van der Waals surface area (Å²) in [4.78, 5) is 25.7. The van der Waals surface area contributed by atoms with Crippen LogP contribution in [0.2, 0.25) is 0 Å². The lowest BCUT2D eigenvalue weighted by atomic mass is 10.0. The minimum absolute atomic E-state index is 0.124. The number of nitro groups is 1. The largest absolute Gasteiger partial charge is 0.444 e. The molecule has 0 aromatic heterocycles. The number of nitrogens with zero attached hydrogens (tertiary/aromatic N) is 2. The summed E-state index contributed by atoms with van der Waals surface area (Å²) in [5.74, 6) is 0. The first kappa shape index (κ1) is 29.1. The van der Waals surface area contributed by atoms with E-state index in [0.717, 1.165) is 49.7 Å². The Morgan fingerprint density at radius 3 is 2.19 bits per heavy atom. The highest BCUT2D eigenvalue weighted by atomic mass is 16.6. The molecule has 2 aromatic rings. The molecule has 0 saturated heterocycles. The second-order valence-electron chi connectivity index (χ2n) is 11.2. The summed E-state index contributed by atoms with van der Waals surface area (Å²) in [6, 6.07) is 14.8. The van der Waals surface area contributed by atoms with Crippen LogP contribution in [0.4, 0.5) is 10.5 Å². The van der Waals surface area contributed by atoms with Crippen molar-refractivity contribution in [3.63, 3.8) is 0 Å². The van der Waals surface area contributed by atoms with E-state index in [0.29, 0.717) is 12.1 Å². The topological polar surface area (TPSA) is 72.7 Å². The van der Waals surface area contributed by atoms with Gasteiger partial charge in [-0.3, -0.25) is 10.1 Å². The van der Waals surface area contributed by atoms with Crippen LogP contribution in [0, 0.1) is 10.1 Å². The first-order valence-electron chi connectivity index (χ1n) is 12.9. The summed E-state index contributed by atoms with van der Waals surface area (Å²) in [6.07, 6.45) is 10.0. The lowest BCUT2D eigenvalue weighted by Gasteiger charge is -2.37. The Kier molecular flexibility index (Phi) is 10.7. The van der Waals surface area contributed by atoms with Crippen molar-refractivity contribution in [3.8, 4) is 11.1 Å². The third-order valence-electron chi connectivity index (χ3n) is 5.79. The zero-order valence-electron chi connectivity index (χ0n) is 22.8. The average Bonchev–Trinajstić information content (AvgIpc) is 2.78. The van der Waals surface area contributed by atoms with Gasteiger partial charge in [0.1, 0.15) is 5.60 Å². The molecule has 196 valence electrons. The molecule has 0 bridgehead atoms. The molecule has 0 aliphatic heterocycles. The number of hydrogen-bond acceptors (Lipinski definition) is 4. The second-order valence-corrected chi connectivity index (χ2v) is 11.2. The molecule has 2 aromatic carbocycles. The number of nitro benzene ring substituents is 1.